The Labute approximate surface area is 128 Å². The summed E-state index contributed by atoms with van der Waals surface area (Å²) in [5, 5.41) is 18.4. The maximum atomic E-state index is 10.5. The van der Waals surface area contributed by atoms with E-state index in [9.17, 15) is 5.11 Å². The topological polar surface area (TPSA) is 59.3 Å². The van der Waals surface area contributed by atoms with Crippen LogP contribution in [0.5, 0.6) is 0 Å². The molecule has 6 heteroatoms. The SMILES string of the molecule is CCc1nn(CC)c(CNCC2(O)CCOC2C)c1Br. The molecule has 0 aliphatic carbocycles. The zero-order chi connectivity index (χ0) is 14.8. The summed E-state index contributed by atoms with van der Waals surface area (Å²) in [4.78, 5) is 0. The Morgan fingerprint density at radius 1 is 1.55 bits per heavy atom. The molecule has 0 spiro atoms. The third-order valence-electron chi connectivity index (χ3n) is 4.08. The van der Waals surface area contributed by atoms with Crippen molar-refractivity contribution < 1.29 is 9.84 Å². The summed E-state index contributed by atoms with van der Waals surface area (Å²) in [6.07, 6.45) is 1.49. The summed E-state index contributed by atoms with van der Waals surface area (Å²) in [6, 6.07) is 0. The van der Waals surface area contributed by atoms with Crippen LogP contribution in [0.2, 0.25) is 0 Å². The lowest BCUT2D eigenvalue weighted by molar-refractivity contribution is -0.0263. The van der Waals surface area contributed by atoms with Gasteiger partial charge in [0, 0.05) is 32.7 Å². The Bertz CT molecular complexity index is 464. The minimum Gasteiger partial charge on any atom is -0.386 e. The molecular weight excluding hydrogens is 322 g/mol. The zero-order valence-corrected chi connectivity index (χ0v) is 14.0. The fourth-order valence-electron chi connectivity index (χ4n) is 2.59. The number of ether oxygens (including phenoxy) is 1. The standard InChI is InChI=1S/C14H24BrN3O2/c1-4-11-13(15)12(18(5-2)17-11)8-16-9-14(19)6-7-20-10(14)3/h10,16,19H,4-9H2,1-3H3. The highest BCUT2D eigenvalue weighted by Crippen LogP contribution is 2.26. The van der Waals surface area contributed by atoms with Crippen molar-refractivity contribution in [3.05, 3.63) is 15.9 Å². The number of hydrogen-bond donors (Lipinski definition) is 2. The quantitative estimate of drug-likeness (QED) is 0.826. The molecular formula is C14H24BrN3O2. The van der Waals surface area contributed by atoms with Gasteiger partial charge in [-0.05, 0) is 36.2 Å². The van der Waals surface area contributed by atoms with Crippen molar-refractivity contribution in [2.24, 2.45) is 0 Å². The number of aryl methyl sites for hydroxylation is 2. The van der Waals surface area contributed by atoms with Gasteiger partial charge in [-0.1, -0.05) is 6.92 Å². The van der Waals surface area contributed by atoms with E-state index in [4.69, 9.17) is 4.74 Å². The van der Waals surface area contributed by atoms with Crippen LogP contribution in [0.25, 0.3) is 0 Å². The number of halogens is 1. The van der Waals surface area contributed by atoms with Crippen molar-refractivity contribution in [1.29, 1.82) is 0 Å². The van der Waals surface area contributed by atoms with Gasteiger partial charge < -0.3 is 15.2 Å². The summed E-state index contributed by atoms with van der Waals surface area (Å²) in [5.74, 6) is 0. The summed E-state index contributed by atoms with van der Waals surface area (Å²) < 4.78 is 8.53. The highest BCUT2D eigenvalue weighted by molar-refractivity contribution is 9.10. The largest absolute Gasteiger partial charge is 0.386 e. The van der Waals surface area contributed by atoms with E-state index in [2.05, 4.69) is 40.2 Å². The van der Waals surface area contributed by atoms with E-state index in [1.807, 2.05) is 11.6 Å². The molecule has 2 atom stereocenters. The third kappa shape index (κ3) is 3.08. The number of rotatable bonds is 6. The minimum absolute atomic E-state index is 0.110. The van der Waals surface area contributed by atoms with E-state index in [-0.39, 0.29) is 6.10 Å². The van der Waals surface area contributed by atoms with Crippen LogP contribution in [0.3, 0.4) is 0 Å². The second-order valence-electron chi connectivity index (χ2n) is 5.35. The van der Waals surface area contributed by atoms with Crippen LogP contribution in [0.15, 0.2) is 4.47 Å². The highest BCUT2D eigenvalue weighted by atomic mass is 79.9. The van der Waals surface area contributed by atoms with E-state index in [0.29, 0.717) is 26.1 Å². The maximum Gasteiger partial charge on any atom is 0.105 e. The molecule has 2 rings (SSSR count). The Hall–Kier alpha value is -0.430. The first-order chi connectivity index (χ1) is 9.51. The Balaban J connectivity index is 1.99. The van der Waals surface area contributed by atoms with Gasteiger partial charge in [-0.15, -0.1) is 0 Å². The van der Waals surface area contributed by atoms with E-state index >= 15 is 0 Å². The van der Waals surface area contributed by atoms with Gasteiger partial charge >= 0.3 is 0 Å². The lowest BCUT2D eigenvalue weighted by Gasteiger charge is -2.26. The van der Waals surface area contributed by atoms with Crippen molar-refractivity contribution in [1.82, 2.24) is 15.1 Å². The van der Waals surface area contributed by atoms with Crippen LogP contribution in [0.4, 0.5) is 0 Å². The summed E-state index contributed by atoms with van der Waals surface area (Å²) in [5.41, 5.74) is 1.47. The molecule has 2 N–H and O–H groups in total. The first kappa shape index (κ1) is 15.9. The lowest BCUT2D eigenvalue weighted by atomic mass is 9.97. The number of hydrogen-bond acceptors (Lipinski definition) is 4. The molecule has 1 aliphatic rings. The first-order valence-electron chi connectivity index (χ1n) is 7.30. The maximum absolute atomic E-state index is 10.5. The molecule has 0 bridgehead atoms. The molecule has 1 fully saturated rings. The van der Waals surface area contributed by atoms with Crippen LogP contribution in [0, 0.1) is 0 Å². The van der Waals surface area contributed by atoms with E-state index in [1.54, 1.807) is 0 Å². The molecule has 1 saturated heterocycles. The second kappa shape index (κ2) is 6.56. The second-order valence-corrected chi connectivity index (χ2v) is 6.14. The van der Waals surface area contributed by atoms with Crippen LogP contribution >= 0.6 is 15.9 Å². The molecule has 20 heavy (non-hydrogen) atoms. The van der Waals surface area contributed by atoms with E-state index in [1.165, 1.54) is 0 Å². The van der Waals surface area contributed by atoms with E-state index in [0.717, 1.165) is 28.8 Å². The smallest absolute Gasteiger partial charge is 0.105 e. The molecule has 5 nitrogen and oxygen atoms in total. The van der Waals surface area contributed by atoms with Gasteiger partial charge in [0.15, 0.2) is 0 Å². The molecule has 0 saturated carbocycles. The molecule has 1 aromatic rings. The van der Waals surface area contributed by atoms with Crippen molar-refractivity contribution in [2.45, 2.75) is 58.4 Å². The fourth-order valence-corrected chi connectivity index (χ4v) is 3.29. The number of aliphatic hydroxyl groups is 1. The summed E-state index contributed by atoms with van der Waals surface area (Å²) >= 11 is 3.63. The van der Waals surface area contributed by atoms with Gasteiger partial charge in [0.05, 0.1) is 22.0 Å². The van der Waals surface area contributed by atoms with Gasteiger partial charge in [-0.25, -0.2) is 0 Å². The van der Waals surface area contributed by atoms with Crippen LogP contribution in [-0.4, -0.2) is 39.7 Å². The Morgan fingerprint density at radius 2 is 2.30 bits per heavy atom. The summed E-state index contributed by atoms with van der Waals surface area (Å²) in [7, 11) is 0. The Kier molecular flexibility index (Phi) is 5.23. The van der Waals surface area contributed by atoms with Crippen LogP contribution < -0.4 is 5.32 Å². The molecule has 2 unspecified atom stereocenters. The monoisotopic (exact) mass is 345 g/mol. The average Bonchev–Trinajstić information content (AvgIpc) is 2.92. The first-order valence-corrected chi connectivity index (χ1v) is 8.09. The molecule has 0 amide bonds. The number of aromatic nitrogens is 2. The zero-order valence-electron chi connectivity index (χ0n) is 12.4. The van der Waals surface area contributed by atoms with Crippen molar-refractivity contribution in [3.63, 3.8) is 0 Å². The van der Waals surface area contributed by atoms with Crippen LogP contribution in [0.1, 0.15) is 38.6 Å². The predicted octanol–water partition coefficient (Wildman–Crippen LogP) is 1.86. The fraction of sp³-hybridized carbons (Fsp3) is 0.786. The van der Waals surface area contributed by atoms with Gasteiger partial charge in [0.1, 0.15) is 5.60 Å². The summed E-state index contributed by atoms with van der Waals surface area (Å²) in [6.45, 7) is 8.83. The molecule has 114 valence electrons. The third-order valence-corrected chi connectivity index (χ3v) is 4.99. The van der Waals surface area contributed by atoms with Gasteiger partial charge in [-0.2, -0.15) is 5.10 Å². The molecule has 2 heterocycles. The van der Waals surface area contributed by atoms with Crippen molar-refractivity contribution in [2.75, 3.05) is 13.2 Å². The molecule has 0 aromatic carbocycles. The molecule has 1 aromatic heterocycles. The number of nitrogens with zero attached hydrogens (tertiary/aromatic N) is 2. The van der Waals surface area contributed by atoms with Crippen LogP contribution in [-0.2, 0) is 24.2 Å². The van der Waals surface area contributed by atoms with Crippen molar-refractivity contribution in [3.8, 4) is 0 Å². The van der Waals surface area contributed by atoms with Gasteiger partial charge in [0.2, 0.25) is 0 Å². The lowest BCUT2D eigenvalue weighted by Crippen LogP contribution is -2.45. The van der Waals surface area contributed by atoms with Crippen molar-refractivity contribution >= 4 is 15.9 Å². The highest BCUT2D eigenvalue weighted by Gasteiger charge is 2.39. The van der Waals surface area contributed by atoms with Gasteiger partial charge in [-0.3, -0.25) is 4.68 Å². The average molecular weight is 346 g/mol. The Morgan fingerprint density at radius 3 is 2.85 bits per heavy atom. The predicted molar refractivity (Wildman–Crippen MR) is 81.7 cm³/mol. The molecule has 1 aliphatic heterocycles. The minimum atomic E-state index is -0.753. The van der Waals surface area contributed by atoms with Gasteiger partial charge in [0.25, 0.3) is 0 Å². The van der Waals surface area contributed by atoms with E-state index < -0.39 is 5.60 Å². The molecule has 0 radical (unpaired) electrons. The normalized spacial score (nSPS) is 26.4. The number of nitrogens with one attached hydrogen (secondary N) is 1.